The van der Waals surface area contributed by atoms with E-state index >= 15 is 0 Å². The van der Waals surface area contributed by atoms with Gasteiger partial charge < -0.3 is 9.47 Å². The van der Waals surface area contributed by atoms with E-state index in [1.165, 1.54) is 16.9 Å². The highest BCUT2D eigenvalue weighted by molar-refractivity contribution is 7.07. The van der Waals surface area contributed by atoms with Crippen LogP contribution >= 0.6 is 11.3 Å². The Bertz CT molecular complexity index is 2110. The maximum absolute atomic E-state index is 14.3. The molecule has 9 heteroatoms. The molecule has 8 nitrogen and oxygen atoms in total. The fourth-order valence-electron chi connectivity index (χ4n) is 5.99. The van der Waals surface area contributed by atoms with Crippen molar-refractivity contribution in [2.75, 3.05) is 13.7 Å². The number of ether oxygens (including phenoxy) is 2. The predicted octanol–water partition coefficient (Wildman–Crippen LogP) is 5.58. The number of rotatable bonds is 7. The molecule has 0 saturated carbocycles. The van der Waals surface area contributed by atoms with Crippen LogP contribution in [-0.4, -0.2) is 34.0 Å². The molecule has 1 aliphatic rings. The van der Waals surface area contributed by atoms with Crippen molar-refractivity contribution in [3.63, 3.8) is 0 Å². The molecule has 1 aliphatic heterocycles. The van der Waals surface area contributed by atoms with Gasteiger partial charge in [0.15, 0.2) is 4.80 Å². The molecule has 0 N–H and O–H groups in total. The molecule has 1 unspecified atom stereocenters. The standard InChI is InChI=1S/C36H34N4O4S/c1-7-44-35(42)31-24(5)37-36-40(33(31)25-13-15-28(43-6)16-14-25)34(41)29(45-36)19-26-20-39(27-11-9-8-10-12-27)38-32(26)30-22(3)17-21(2)18-23(30)4/h8-20,33H,7H2,1-6H3/b29-19-. The minimum Gasteiger partial charge on any atom is -0.497 e. The summed E-state index contributed by atoms with van der Waals surface area (Å²) in [6, 6.07) is 20.9. The second-order valence-electron chi connectivity index (χ2n) is 11.1. The first-order valence-corrected chi connectivity index (χ1v) is 15.6. The van der Waals surface area contributed by atoms with Crippen molar-refractivity contribution in [2.24, 2.45) is 4.99 Å². The fraction of sp³-hybridized carbons (Fsp3) is 0.222. The molecule has 0 fully saturated rings. The fourth-order valence-corrected chi connectivity index (χ4v) is 7.03. The zero-order valence-electron chi connectivity index (χ0n) is 26.1. The first-order valence-electron chi connectivity index (χ1n) is 14.8. The van der Waals surface area contributed by atoms with E-state index in [-0.39, 0.29) is 12.2 Å². The van der Waals surface area contributed by atoms with Crippen LogP contribution in [0.3, 0.4) is 0 Å². The quantitative estimate of drug-likeness (QED) is 0.222. The molecule has 3 aromatic carbocycles. The third kappa shape index (κ3) is 5.55. The van der Waals surface area contributed by atoms with Crippen molar-refractivity contribution >= 4 is 23.4 Å². The summed E-state index contributed by atoms with van der Waals surface area (Å²) >= 11 is 1.29. The number of carbonyl (C=O) groups is 1. The summed E-state index contributed by atoms with van der Waals surface area (Å²) in [5.41, 5.74) is 8.30. The number of hydrogen-bond donors (Lipinski definition) is 0. The van der Waals surface area contributed by atoms with E-state index in [1.807, 2.05) is 71.6 Å². The lowest BCUT2D eigenvalue weighted by Gasteiger charge is -2.24. The summed E-state index contributed by atoms with van der Waals surface area (Å²) in [6.07, 6.45) is 3.84. The van der Waals surface area contributed by atoms with Crippen LogP contribution in [0.25, 0.3) is 23.0 Å². The SMILES string of the molecule is CCOC(=O)C1=C(C)N=c2s/c(=C\c3cn(-c4ccccc4)nc3-c3c(C)cc(C)cc3C)c(=O)n2C1c1ccc(OC)cc1. The van der Waals surface area contributed by atoms with Crippen molar-refractivity contribution in [3.05, 3.63) is 132 Å². The van der Waals surface area contributed by atoms with Crippen LogP contribution in [0.5, 0.6) is 5.75 Å². The van der Waals surface area contributed by atoms with Crippen LogP contribution in [0, 0.1) is 20.8 Å². The Labute approximate surface area is 265 Å². The molecule has 0 spiro atoms. The molecule has 0 radical (unpaired) electrons. The van der Waals surface area contributed by atoms with Gasteiger partial charge in [-0.2, -0.15) is 5.10 Å². The van der Waals surface area contributed by atoms with Crippen molar-refractivity contribution < 1.29 is 14.3 Å². The molecule has 45 heavy (non-hydrogen) atoms. The minimum absolute atomic E-state index is 0.210. The number of aromatic nitrogens is 3. The summed E-state index contributed by atoms with van der Waals surface area (Å²) in [5.74, 6) is 0.180. The molecule has 6 rings (SSSR count). The molecule has 228 valence electrons. The monoisotopic (exact) mass is 618 g/mol. The number of benzene rings is 3. The number of thiazole rings is 1. The van der Waals surface area contributed by atoms with E-state index in [0.717, 1.165) is 39.2 Å². The molecule has 5 aromatic rings. The number of esters is 1. The van der Waals surface area contributed by atoms with Crippen LogP contribution in [0.15, 0.2) is 94.0 Å². The van der Waals surface area contributed by atoms with Crippen molar-refractivity contribution in [2.45, 2.75) is 40.7 Å². The van der Waals surface area contributed by atoms with Gasteiger partial charge >= 0.3 is 5.97 Å². The van der Waals surface area contributed by atoms with Crippen LogP contribution in [0.1, 0.15) is 47.7 Å². The van der Waals surface area contributed by atoms with Crippen LogP contribution < -0.4 is 19.6 Å². The number of allylic oxidation sites excluding steroid dienone is 1. The molecule has 0 amide bonds. The Balaban J connectivity index is 1.58. The van der Waals surface area contributed by atoms with Gasteiger partial charge in [0.1, 0.15) is 11.4 Å². The number of aryl methyl sites for hydroxylation is 3. The summed E-state index contributed by atoms with van der Waals surface area (Å²) in [6.45, 7) is 10.0. The van der Waals surface area contributed by atoms with Gasteiger partial charge in [0.2, 0.25) is 0 Å². The number of nitrogens with zero attached hydrogens (tertiary/aromatic N) is 4. The van der Waals surface area contributed by atoms with Gasteiger partial charge in [-0.25, -0.2) is 14.5 Å². The molecule has 3 heterocycles. The lowest BCUT2D eigenvalue weighted by atomic mass is 9.95. The topological polar surface area (TPSA) is 87.7 Å². The van der Waals surface area contributed by atoms with E-state index in [4.69, 9.17) is 19.6 Å². The Morgan fingerprint density at radius 3 is 2.33 bits per heavy atom. The molecule has 0 bridgehead atoms. The lowest BCUT2D eigenvalue weighted by molar-refractivity contribution is -0.139. The Morgan fingerprint density at radius 2 is 1.69 bits per heavy atom. The van der Waals surface area contributed by atoms with Crippen LogP contribution in [-0.2, 0) is 9.53 Å². The maximum Gasteiger partial charge on any atom is 0.338 e. The van der Waals surface area contributed by atoms with Gasteiger partial charge in [-0.05, 0) is 81.7 Å². The molecule has 1 atom stereocenters. The van der Waals surface area contributed by atoms with Crippen molar-refractivity contribution in [1.29, 1.82) is 0 Å². The normalized spacial score (nSPS) is 14.7. The second-order valence-corrected chi connectivity index (χ2v) is 12.1. The molecular weight excluding hydrogens is 584 g/mol. The van der Waals surface area contributed by atoms with E-state index in [9.17, 15) is 9.59 Å². The minimum atomic E-state index is -0.707. The highest BCUT2D eigenvalue weighted by Gasteiger charge is 2.33. The average molecular weight is 619 g/mol. The smallest absolute Gasteiger partial charge is 0.338 e. The predicted molar refractivity (Wildman–Crippen MR) is 177 cm³/mol. The Kier molecular flexibility index (Phi) is 8.12. The van der Waals surface area contributed by atoms with E-state index in [1.54, 1.807) is 25.5 Å². The van der Waals surface area contributed by atoms with Gasteiger partial charge in [0.25, 0.3) is 5.56 Å². The first kappa shape index (κ1) is 30.0. The van der Waals surface area contributed by atoms with E-state index in [0.29, 0.717) is 26.4 Å². The molecule has 0 saturated heterocycles. The Hall–Kier alpha value is -5.02. The second kappa shape index (κ2) is 12.2. The van der Waals surface area contributed by atoms with E-state index < -0.39 is 12.0 Å². The molecule has 0 aliphatic carbocycles. The number of hydrogen-bond acceptors (Lipinski definition) is 7. The van der Waals surface area contributed by atoms with Gasteiger partial charge in [0, 0.05) is 17.3 Å². The van der Waals surface area contributed by atoms with Gasteiger partial charge in [0.05, 0.1) is 41.2 Å². The first-order chi connectivity index (χ1) is 21.7. The summed E-state index contributed by atoms with van der Waals surface area (Å²) in [4.78, 5) is 32.8. The van der Waals surface area contributed by atoms with Crippen LogP contribution in [0.4, 0.5) is 0 Å². The summed E-state index contributed by atoms with van der Waals surface area (Å²) in [5, 5.41) is 5.03. The van der Waals surface area contributed by atoms with Crippen molar-refractivity contribution in [3.8, 4) is 22.7 Å². The third-order valence-corrected chi connectivity index (χ3v) is 8.90. The van der Waals surface area contributed by atoms with Gasteiger partial charge in [-0.3, -0.25) is 9.36 Å². The number of carbonyl (C=O) groups excluding carboxylic acids is 1. The lowest BCUT2D eigenvalue weighted by Crippen LogP contribution is -2.39. The van der Waals surface area contributed by atoms with Gasteiger partial charge in [-0.1, -0.05) is 59.4 Å². The van der Waals surface area contributed by atoms with Gasteiger partial charge in [-0.15, -0.1) is 0 Å². The third-order valence-electron chi connectivity index (χ3n) is 7.91. The number of para-hydroxylation sites is 1. The molecular formula is C36H34N4O4S. The number of fused-ring (bicyclic) bond motifs is 1. The summed E-state index contributed by atoms with van der Waals surface area (Å²) < 4.78 is 14.7. The summed E-state index contributed by atoms with van der Waals surface area (Å²) in [7, 11) is 1.60. The number of methoxy groups -OCH3 is 1. The van der Waals surface area contributed by atoms with Crippen molar-refractivity contribution in [1.82, 2.24) is 14.3 Å². The molecule has 2 aromatic heterocycles. The van der Waals surface area contributed by atoms with Crippen LogP contribution in [0.2, 0.25) is 0 Å². The highest BCUT2D eigenvalue weighted by Crippen LogP contribution is 2.33. The van der Waals surface area contributed by atoms with E-state index in [2.05, 4.69) is 32.9 Å². The Morgan fingerprint density at radius 1 is 1.00 bits per heavy atom. The average Bonchev–Trinajstić information content (AvgIpc) is 3.56. The highest BCUT2D eigenvalue weighted by atomic mass is 32.1. The zero-order chi connectivity index (χ0) is 31.8. The largest absolute Gasteiger partial charge is 0.497 e. The zero-order valence-corrected chi connectivity index (χ0v) is 26.9. The maximum atomic E-state index is 14.3.